The van der Waals surface area contributed by atoms with Gasteiger partial charge in [0.15, 0.2) is 0 Å². The number of pyridine rings is 1. The standard InChI is InChI=1S/C23H22F4N2O2/c1-31-21(30)7-5-6-18(16-8-10-17(24)11-9-16)19-12-13-20(23(25,26)27)28-22(19)29-14-3-2-4-15-29/h5-13H,2-4,14-15H2,1H3/b7-5+,18-6?. The van der Waals surface area contributed by atoms with Gasteiger partial charge in [0.25, 0.3) is 0 Å². The van der Waals surface area contributed by atoms with Gasteiger partial charge in [-0.05, 0) is 54.7 Å². The summed E-state index contributed by atoms with van der Waals surface area (Å²) in [6.07, 6.45) is 2.37. The Morgan fingerprint density at radius 1 is 1.06 bits per heavy atom. The van der Waals surface area contributed by atoms with E-state index in [4.69, 9.17) is 0 Å². The van der Waals surface area contributed by atoms with Crippen LogP contribution in [-0.2, 0) is 15.7 Å². The molecule has 0 saturated carbocycles. The minimum Gasteiger partial charge on any atom is -0.466 e. The molecule has 0 bridgehead atoms. The Balaban J connectivity index is 2.16. The number of allylic oxidation sites excluding steroid dienone is 2. The van der Waals surface area contributed by atoms with Gasteiger partial charge in [0.2, 0.25) is 0 Å². The van der Waals surface area contributed by atoms with Gasteiger partial charge in [-0.25, -0.2) is 14.2 Å². The van der Waals surface area contributed by atoms with E-state index in [0.717, 1.165) is 25.3 Å². The van der Waals surface area contributed by atoms with E-state index in [1.165, 1.54) is 49.6 Å². The molecule has 1 aliphatic heterocycles. The molecule has 0 aliphatic carbocycles. The van der Waals surface area contributed by atoms with Gasteiger partial charge in [0.1, 0.15) is 17.3 Å². The van der Waals surface area contributed by atoms with Crippen molar-refractivity contribution in [3.05, 3.63) is 77.3 Å². The van der Waals surface area contributed by atoms with Crippen molar-refractivity contribution in [2.75, 3.05) is 25.1 Å². The van der Waals surface area contributed by atoms with E-state index in [-0.39, 0.29) is 5.82 Å². The highest BCUT2D eigenvalue weighted by molar-refractivity contribution is 5.88. The van der Waals surface area contributed by atoms with Crippen molar-refractivity contribution in [2.45, 2.75) is 25.4 Å². The summed E-state index contributed by atoms with van der Waals surface area (Å²) in [5.74, 6) is -0.789. The third-order valence-electron chi connectivity index (χ3n) is 4.96. The number of piperidine rings is 1. The van der Waals surface area contributed by atoms with Crippen LogP contribution >= 0.6 is 0 Å². The Morgan fingerprint density at radius 3 is 2.35 bits per heavy atom. The fourth-order valence-corrected chi connectivity index (χ4v) is 3.43. The first-order chi connectivity index (χ1) is 14.8. The summed E-state index contributed by atoms with van der Waals surface area (Å²) < 4.78 is 58.1. The maximum Gasteiger partial charge on any atom is 0.433 e. The van der Waals surface area contributed by atoms with Crippen molar-refractivity contribution in [2.24, 2.45) is 0 Å². The molecule has 4 nitrogen and oxygen atoms in total. The van der Waals surface area contributed by atoms with Crippen molar-refractivity contribution < 1.29 is 27.1 Å². The fourth-order valence-electron chi connectivity index (χ4n) is 3.43. The first-order valence-electron chi connectivity index (χ1n) is 9.85. The molecule has 1 saturated heterocycles. The van der Waals surface area contributed by atoms with Crippen LogP contribution in [0.25, 0.3) is 5.57 Å². The molecule has 1 aromatic carbocycles. The molecule has 31 heavy (non-hydrogen) atoms. The largest absolute Gasteiger partial charge is 0.466 e. The minimum atomic E-state index is -4.58. The van der Waals surface area contributed by atoms with Gasteiger partial charge in [-0.1, -0.05) is 24.3 Å². The smallest absolute Gasteiger partial charge is 0.433 e. The van der Waals surface area contributed by atoms with Gasteiger partial charge in [0.05, 0.1) is 7.11 Å². The molecule has 0 unspecified atom stereocenters. The number of esters is 1. The van der Waals surface area contributed by atoms with E-state index < -0.39 is 23.7 Å². The molecular weight excluding hydrogens is 412 g/mol. The van der Waals surface area contributed by atoms with Crippen LogP contribution in [0.2, 0.25) is 0 Å². The Kier molecular flexibility index (Phi) is 7.09. The average Bonchev–Trinajstić information content (AvgIpc) is 2.77. The number of carbonyl (C=O) groups excluding carboxylic acids is 1. The highest BCUT2D eigenvalue weighted by atomic mass is 19.4. The Labute approximate surface area is 177 Å². The first-order valence-corrected chi connectivity index (χ1v) is 9.85. The second-order valence-electron chi connectivity index (χ2n) is 7.08. The lowest BCUT2D eigenvalue weighted by atomic mass is 9.96. The van der Waals surface area contributed by atoms with Crippen molar-refractivity contribution in [3.63, 3.8) is 0 Å². The molecule has 8 heteroatoms. The number of carbonyl (C=O) groups is 1. The third-order valence-corrected chi connectivity index (χ3v) is 4.96. The molecule has 1 aliphatic rings. The molecule has 0 radical (unpaired) electrons. The van der Waals surface area contributed by atoms with E-state index in [2.05, 4.69) is 9.72 Å². The number of hydrogen-bond acceptors (Lipinski definition) is 4. The summed E-state index contributed by atoms with van der Waals surface area (Å²) in [6.45, 7) is 1.19. The maximum absolute atomic E-state index is 13.5. The highest BCUT2D eigenvalue weighted by Crippen LogP contribution is 2.36. The number of methoxy groups -OCH3 is 1. The van der Waals surface area contributed by atoms with Gasteiger partial charge < -0.3 is 9.64 Å². The van der Waals surface area contributed by atoms with Crippen molar-refractivity contribution >= 4 is 17.4 Å². The summed E-state index contributed by atoms with van der Waals surface area (Å²) in [4.78, 5) is 17.3. The molecule has 0 atom stereocenters. The van der Waals surface area contributed by atoms with Crippen LogP contribution in [0.5, 0.6) is 0 Å². The van der Waals surface area contributed by atoms with E-state index in [1.807, 2.05) is 4.90 Å². The number of alkyl halides is 3. The summed E-state index contributed by atoms with van der Waals surface area (Å²) in [7, 11) is 1.24. The predicted octanol–water partition coefficient (Wildman–Crippen LogP) is 5.39. The number of hydrogen-bond donors (Lipinski definition) is 0. The van der Waals surface area contributed by atoms with Gasteiger partial charge >= 0.3 is 12.1 Å². The second-order valence-corrected chi connectivity index (χ2v) is 7.08. The summed E-state index contributed by atoms with van der Waals surface area (Å²) >= 11 is 0. The number of nitrogens with zero attached hydrogens (tertiary/aromatic N) is 2. The van der Waals surface area contributed by atoms with Crippen LogP contribution in [0.1, 0.15) is 36.1 Å². The van der Waals surface area contributed by atoms with Crippen molar-refractivity contribution in [1.82, 2.24) is 4.98 Å². The zero-order valence-corrected chi connectivity index (χ0v) is 17.0. The quantitative estimate of drug-likeness (QED) is 0.274. The van der Waals surface area contributed by atoms with E-state index in [9.17, 15) is 22.4 Å². The molecule has 0 N–H and O–H groups in total. The maximum atomic E-state index is 13.5. The molecule has 1 fully saturated rings. The van der Waals surface area contributed by atoms with Gasteiger partial charge in [-0.15, -0.1) is 0 Å². The number of benzene rings is 1. The minimum absolute atomic E-state index is 0.219. The van der Waals surface area contributed by atoms with Crippen LogP contribution in [-0.4, -0.2) is 31.2 Å². The lowest BCUT2D eigenvalue weighted by Crippen LogP contribution is -2.31. The third kappa shape index (κ3) is 5.71. The van der Waals surface area contributed by atoms with Crippen LogP contribution < -0.4 is 4.90 Å². The van der Waals surface area contributed by atoms with Gasteiger partial charge in [-0.3, -0.25) is 0 Å². The Morgan fingerprint density at radius 2 is 1.74 bits per heavy atom. The molecular formula is C23H22F4N2O2. The molecule has 2 heterocycles. The van der Waals surface area contributed by atoms with Crippen LogP contribution in [0.4, 0.5) is 23.4 Å². The number of rotatable bonds is 5. The van der Waals surface area contributed by atoms with Crippen molar-refractivity contribution in [1.29, 1.82) is 0 Å². The summed E-state index contributed by atoms with van der Waals surface area (Å²) in [5.41, 5.74) is 0.592. The monoisotopic (exact) mass is 434 g/mol. The van der Waals surface area contributed by atoms with Crippen molar-refractivity contribution in [3.8, 4) is 0 Å². The topological polar surface area (TPSA) is 42.4 Å². The summed E-state index contributed by atoms with van der Waals surface area (Å²) in [5, 5.41) is 0. The second kappa shape index (κ2) is 9.76. The average molecular weight is 434 g/mol. The number of anilines is 1. The predicted molar refractivity (Wildman–Crippen MR) is 110 cm³/mol. The molecule has 3 rings (SSSR count). The highest BCUT2D eigenvalue weighted by Gasteiger charge is 2.34. The first kappa shape index (κ1) is 22.5. The Hall–Kier alpha value is -3.16. The number of ether oxygens (including phenoxy) is 1. The summed E-state index contributed by atoms with van der Waals surface area (Å²) in [6, 6.07) is 7.91. The normalized spacial score (nSPS) is 15.4. The van der Waals surface area contributed by atoms with Gasteiger partial charge in [-0.2, -0.15) is 13.2 Å². The zero-order chi connectivity index (χ0) is 22.4. The molecule has 164 valence electrons. The van der Waals surface area contributed by atoms with E-state index >= 15 is 0 Å². The van der Waals surface area contributed by atoms with Crippen LogP contribution in [0.15, 0.2) is 54.6 Å². The zero-order valence-electron chi connectivity index (χ0n) is 17.0. The Bertz CT molecular complexity index is 976. The molecule has 0 spiro atoms. The van der Waals surface area contributed by atoms with E-state index in [1.54, 1.807) is 6.08 Å². The molecule has 2 aromatic rings. The molecule has 1 aromatic heterocycles. The molecule has 0 amide bonds. The van der Waals surface area contributed by atoms with Gasteiger partial charge in [0, 0.05) is 24.7 Å². The van der Waals surface area contributed by atoms with Crippen LogP contribution in [0, 0.1) is 5.82 Å². The van der Waals surface area contributed by atoms with Crippen LogP contribution in [0.3, 0.4) is 0 Å². The lowest BCUT2D eigenvalue weighted by Gasteiger charge is -2.30. The lowest BCUT2D eigenvalue weighted by molar-refractivity contribution is -0.141. The fraction of sp³-hybridized carbons (Fsp3) is 0.304. The van der Waals surface area contributed by atoms with E-state index in [0.29, 0.717) is 29.8 Å². The number of aromatic nitrogens is 1. The SMILES string of the molecule is COC(=O)/C=C/C=C(c1ccc(F)cc1)c1ccc(C(F)(F)F)nc1N1CCCCC1. The number of halogens is 4.